The normalized spacial score (nSPS) is 30.4. The number of nitrogens with one attached hydrogen (secondary N) is 1. The summed E-state index contributed by atoms with van der Waals surface area (Å²) in [4.78, 5) is 12.9. The molecule has 1 saturated heterocycles. The van der Waals surface area contributed by atoms with E-state index >= 15 is 0 Å². The van der Waals surface area contributed by atoms with E-state index in [4.69, 9.17) is 5.11 Å². The Bertz CT molecular complexity index is 266. The molecule has 0 amide bonds. The van der Waals surface area contributed by atoms with Gasteiger partial charge >= 0.3 is 5.97 Å². The first kappa shape index (κ1) is 12.8. The minimum atomic E-state index is -0.685. The second-order valence-electron chi connectivity index (χ2n) is 5.55. The maximum atomic E-state index is 10.6. The molecule has 0 spiro atoms. The van der Waals surface area contributed by atoms with Gasteiger partial charge in [-0.1, -0.05) is 13.3 Å². The molecule has 2 fully saturated rings. The van der Waals surface area contributed by atoms with Crippen LogP contribution in [0.15, 0.2) is 0 Å². The fourth-order valence-electron chi connectivity index (χ4n) is 2.74. The zero-order valence-electron chi connectivity index (χ0n) is 10.7. The van der Waals surface area contributed by atoms with Gasteiger partial charge in [-0.15, -0.1) is 0 Å². The number of hydrogen-bond donors (Lipinski definition) is 2. The van der Waals surface area contributed by atoms with E-state index in [0.717, 1.165) is 25.0 Å². The SMILES string of the molecule is CCC1CC(NC2CC2)CN(CCC(=O)O)C1. The van der Waals surface area contributed by atoms with Crippen LogP contribution in [0.4, 0.5) is 0 Å². The van der Waals surface area contributed by atoms with Gasteiger partial charge < -0.3 is 15.3 Å². The lowest BCUT2D eigenvalue weighted by molar-refractivity contribution is -0.137. The van der Waals surface area contributed by atoms with Gasteiger partial charge in [0.2, 0.25) is 0 Å². The number of piperidine rings is 1. The molecule has 4 nitrogen and oxygen atoms in total. The molecule has 1 saturated carbocycles. The molecule has 1 heterocycles. The third-order valence-electron chi connectivity index (χ3n) is 3.88. The van der Waals surface area contributed by atoms with Crippen molar-refractivity contribution in [3.63, 3.8) is 0 Å². The van der Waals surface area contributed by atoms with Crippen LogP contribution in [0.3, 0.4) is 0 Å². The van der Waals surface area contributed by atoms with E-state index in [1.807, 2.05) is 0 Å². The average Bonchev–Trinajstić information content (AvgIpc) is 3.10. The van der Waals surface area contributed by atoms with Crippen LogP contribution in [0.5, 0.6) is 0 Å². The monoisotopic (exact) mass is 240 g/mol. The van der Waals surface area contributed by atoms with E-state index in [2.05, 4.69) is 17.1 Å². The Morgan fingerprint density at radius 1 is 1.35 bits per heavy atom. The number of carboxylic acids is 1. The third-order valence-corrected chi connectivity index (χ3v) is 3.88. The molecule has 17 heavy (non-hydrogen) atoms. The van der Waals surface area contributed by atoms with Crippen LogP contribution in [-0.2, 0) is 4.79 Å². The lowest BCUT2D eigenvalue weighted by Crippen LogP contribution is -2.50. The van der Waals surface area contributed by atoms with Gasteiger partial charge in [-0.05, 0) is 25.2 Å². The second-order valence-corrected chi connectivity index (χ2v) is 5.55. The van der Waals surface area contributed by atoms with Crippen molar-refractivity contribution in [2.24, 2.45) is 5.92 Å². The highest BCUT2D eigenvalue weighted by molar-refractivity contribution is 5.66. The van der Waals surface area contributed by atoms with Gasteiger partial charge in [0.15, 0.2) is 0 Å². The molecule has 2 rings (SSSR count). The molecule has 0 aromatic carbocycles. The van der Waals surface area contributed by atoms with E-state index in [1.165, 1.54) is 25.7 Å². The van der Waals surface area contributed by atoms with Crippen molar-refractivity contribution in [3.05, 3.63) is 0 Å². The summed E-state index contributed by atoms with van der Waals surface area (Å²) in [6.07, 6.45) is 5.38. The number of carboxylic acid groups (broad SMARTS) is 1. The molecule has 4 heteroatoms. The van der Waals surface area contributed by atoms with Crippen molar-refractivity contribution >= 4 is 5.97 Å². The van der Waals surface area contributed by atoms with Crippen molar-refractivity contribution in [1.82, 2.24) is 10.2 Å². The van der Waals surface area contributed by atoms with Crippen LogP contribution in [0, 0.1) is 5.92 Å². The fourth-order valence-corrected chi connectivity index (χ4v) is 2.74. The van der Waals surface area contributed by atoms with Crippen LogP contribution in [0.1, 0.15) is 39.0 Å². The Morgan fingerprint density at radius 2 is 2.12 bits per heavy atom. The lowest BCUT2D eigenvalue weighted by Gasteiger charge is -2.38. The zero-order valence-corrected chi connectivity index (χ0v) is 10.7. The van der Waals surface area contributed by atoms with Crippen molar-refractivity contribution in [1.29, 1.82) is 0 Å². The molecule has 2 N–H and O–H groups in total. The number of aliphatic carboxylic acids is 1. The van der Waals surface area contributed by atoms with Gasteiger partial charge in [0.1, 0.15) is 0 Å². The highest BCUT2D eigenvalue weighted by Crippen LogP contribution is 2.25. The Hall–Kier alpha value is -0.610. The van der Waals surface area contributed by atoms with E-state index in [0.29, 0.717) is 12.6 Å². The van der Waals surface area contributed by atoms with E-state index in [9.17, 15) is 4.79 Å². The van der Waals surface area contributed by atoms with Crippen molar-refractivity contribution in [2.75, 3.05) is 19.6 Å². The Morgan fingerprint density at radius 3 is 2.71 bits per heavy atom. The summed E-state index contributed by atoms with van der Waals surface area (Å²) in [6.45, 7) is 5.04. The lowest BCUT2D eigenvalue weighted by atomic mass is 9.92. The summed E-state index contributed by atoms with van der Waals surface area (Å²) >= 11 is 0. The standard InChI is InChI=1S/C13H24N2O2/c1-2-10-7-12(14-11-3-4-11)9-15(8-10)6-5-13(16)17/h10-12,14H,2-9H2,1H3,(H,16,17). The van der Waals surface area contributed by atoms with Gasteiger partial charge in [0.25, 0.3) is 0 Å². The van der Waals surface area contributed by atoms with Gasteiger partial charge in [-0.3, -0.25) is 4.79 Å². The van der Waals surface area contributed by atoms with Crippen LogP contribution >= 0.6 is 0 Å². The Labute approximate surface area is 103 Å². The minimum absolute atomic E-state index is 0.270. The molecule has 0 radical (unpaired) electrons. The quantitative estimate of drug-likeness (QED) is 0.735. The summed E-state index contributed by atoms with van der Waals surface area (Å²) in [5.74, 6) is 0.0455. The molecule has 98 valence electrons. The molecule has 1 aliphatic heterocycles. The number of rotatable bonds is 6. The van der Waals surface area contributed by atoms with Crippen LogP contribution in [0.2, 0.25) is 0 Å². The van der Waals surface area contributed by atoms with Gasteiger partial charge in [-0.2, -0.15) is 0 Å². The molecule has 0 aromatic heterocycles. The smallest absolute Gasteiger partial charge is 0.304 e. The summed E-state index contributed by atoms with van der Waals surface area (Å²) in [7, 11) is 0. The predicted molar refractivity (Wildman–Crippen MR) is 67.0 cm³/mol. The minimum Gasteiger partial charge on any atom is -0.481 e. The average molecular weight is 240 g/mol. The number of carbonyl (C=O) groups is 1. The summed E-state index contributed by atoms with van der Waals surface area (Å²) in [6, 6.07) is 1.33. The highest BCUT2D eigenvalue weighted by atomic mass is 16.4. The van der Waals surface area contributed by atoms with Crippen molar-refractivity contribution in [2.45, 2.75) is 51.1 Å². The van der Waals surface area contributed by atoms with Crippen LogP contribution in [0.25, 0.3) is 0 Å². The predicted octanol–water partition coefficient (Wildman–Crippen LogP) is 1.31. The highest BCUT2D eigenvalue weighted by Gasteiger charge is 2.30. The number of hydrogen-bond acceptors (Lipinski definition) is 3. The van der Waals surface area contributed by atoms with Crippen molar-refractivity contribution in [3.8, 4) is 0 Å². The van der Waals surface area contributed by atoms with Gasteiger partial charge in [0.05, 0.1) is 6.42 Å². The molecule has 2 aliphatic rings. The van der Waals surface area contributed by atoms with E-state index in [1.54, 1.807) is 0 Å². The zero-order chi connectivity index (χ0) is 12.3. The molecule has 0 aromatic rings. The first-order valence-electron chi connectivity index (χ1n) is 6.87. The molecular formula is C13H24N2O2. The van der Waals surface area contributed by atoms with Crippen molar-refractivity contribution < 1.29 is 9.90 Å². The second kappa shape index (κ2) is 5.83. The molecule has 0 bridgehead atoms. The molecule has 2 unspecified atom stereocenters. The maximum absolute atomic E-state index is 10.6. The summed E-state index contributed by atoms with van der Waals surface area (Å²) in [5, 5.41) is 12.4. The van der Waals surface area contributed by atoms with Gasteiger partial charge in [0, 0.05) is 31.7 Å². The Kier molecular flexibility index (Phi) is 4.40. The maximum Gasteiger partial charge on any atom is 0.304 e. The number of nitrogens with zero attached hydrogens (tertiary/aromatic N) is 1. The summed E-state index contributed by atoms with van der Waals surface area (Å²) < 4.78 is 0. The summed E-state index contributed by atoms with van der Waals surface area (Å²) in [5.41, 5.74) is 0. The van der Waals surface area contributed by atoms with Crippen LogP contribution in [-0.4, -0.2) is 47.7 Å². The number of likely N-dealkylation sites (tertiary alicyclic amines) is 1. The third kappa shape index (κ3) is 4.28. The molecular weight excluding hydrogens is 216 g/mol. The fraction of sp³-hybridized carbons (Fsp3) is 0.923. The van der Waals surface area contributed by atoms with E-state index < -0.39 is 5.97 Å². The molecule has 1 aliphatic carbocycles. The first-order valence-corrected chi connectivity index (χ1v) is 6.87. The molecule has 2 atom stereocenters. The topological polar surface area (TPSA) is 52.6 Å². The van der Waals surface area contributed by atoms with Crippen LogP contribution < -0.4 is 5.32 Å². The van der Waals surface area contributed by atoms with Gasteiger partial charge in [-0.25, -0.2) is 0 Å². The largest absolute Gasteiger partial charge is 0.481 e. The first-order chi connectivity index (χ1) is 8.17. The van der Waals surface area contributed by atoms with E-state index in [-0.39, 0.29) is 6.42 Å². The Balaban J connectivity index is 1.80.